The molecule has 33 heavy (non-hydrogen) atoms. The van der Waals surface area contributed by atoms with Crippen LogP contribution in [0.25, 0.3) is 10.9 Å². The van der Waals surface area contributed by atoms with Gasteiger partial charge in [0.2, 0.25) is 5.91 Å². The summed E-state index contributed by atoms with van der Waals surface area (Å²) in [5, 5.41) is 6.02. The van der Waals surface area contributed by atoms with Crippen molar-refractivity contribution in [1.29, 1.82) is 0 Å². The van der Waals surface area contributed by atoms with Crippen molar-refractivity contribution in [3.8, 4) is 0 Å². The molecule has 4 aliphatic rings. The normalized spacial score (nSPS) is 29.1. The van der Waals surface area contributed by atoms with E-state index in [0.717, 1.165) is 12.1 Å². The fourth-order valence-corrected chi connectivity index (χ4v) is 4.86. The number of pyridine rings is 1. The Balaban J connectivity index is 1.11. The van der Waals surface area contributed by atoms with Gasteiger partial charge in [-0.05, 0) is 43.5 Å². The number of hydrogen-bond acceptors (Lipinski definition) is 4. The molecule has 1 atom stereocenters. The summed E-state index contributed by atoms with van der Waals surface area (Å²) < 4.78 is 69.2. The minimum absolute atomic E-state index is 0.0929. The molecule has 4 fully saturated rings. The number of alkyl halides is 5. The molecule has 1 heterocycles. The summed E-state index contributed by atoms with van der Waals surface area (Å²) in [4.78, 5) is 28.8. The second-order valence-electron chi connectivity index (χ2n) is 9.37. The minimum Gasteiger partial charge on any atom is -0.371 e. The van der Waals surface area contributed by atoms with Crippen molar-refractivity contribution < 1.29 is 36.3 Å². The van der Waals surface area contributed by atoms with E-state index in [1.54, 1.807) is 0 Å². The van der Waals surface area contributed by atoms with E-state index in [1.807, 2.05) is 0 Å². The van der Waals surface area contributed by atoms with Gasteiger partial charge in [0.25, 0.3) is 11.8 Å². The molecule has 4 saturated carbocycles. The molecule has 1 aromatic carbocycles. The Morgan fingerprint density at radius 3 is 2.36 bits per heavy atom. The SMILES string of the molecule is O=C(COCC1CC1(F)F)NC12CC(NC(=O)c3ccc4cc(C(F)(F)F)ccc4n3)(C1)C2. The predicted molar refractivity (Wildman–Crippen MR) is 106 cm³/mol. The summed E-state index contributed by atoms with van der Waals surface area (Å²) in [6.07, 6.45) is -3.08. The molecule has 11 heteroatoms. The second kappa shape index (κ2) is 7.09. The quantitative estimate of drug-likeness (QED) is 0.609. The number of hydrogen-bond donors (Lipinski definition) is 2. The summed E-state index contributed by atoms with van der Waals surface area (Å²) >= 11 is 0. The molecular formula is C22H20F5N3O3. The number of carbonyl (C=O) groups is 2. The molecule has 0 spiro atoms. The molecule has 2 amide bonds. The Kier molecular flexibility index (Phi) is 4.72. The zero-order chi connectivity index (χ0) is 23.6. The van der Waals surface area contributed by atoms with Gasteiger partial charge in [-0.1, -0.05) is 6.07 Å². The second-order valence-corrected chi connectivity index (χ2v) is 9.37. The van der Waals surface area contributed by atoms with Crippen LogP contribution in [-0.4, -0.2) is 47.0 Å². The molecule has 2 aromatic rings. The monoisotopic (exact) mass is 469 g/mol. The lowest BCUT2D eigenvalue weighted by Crippen LogP contribution is -2.84. The van der Waals surface area contributed by atoms with E-state index in [9.17, 15) is 31.5 Å². The Hall–Kier alpha value is -2.82. The average molecular weight is 469 g/mol. The predicted octanol–water partition coefficient (Wildman–Crippen LogP) is 3.45. The summed E-state index contributed by atoms with van der Waals surface area (Å²) in [6, 6.07) is 5.93. The van der Waals surface area contributed by atoms with E-state index in [1.165, 1.54) is 18.2 Å². The number of nitrogens with zero attached hydrogens (tertiary/aromatic N) is 1. The van der Waals surface area contributed by atoms with Crippen LogP contribution >= 0.6 is 0 Å². The first-order valence-electron chi connectivity index (χ1n) is 10.5. The molecule has 2 bridgehead atoms. The van der Waals surface area contributed by atoms with Crippen LogP contribution < -0.4 is 10.6 Å². The van der Waals surface area contributed by atoms with Gasteiger partial charge in [-0.3, -0.25) is 9.59 Å². The maximum Gasteiger partial charge on any atom is 0.416 e. The standard InChI is InChI=1S/C22H20F5N3O3/c23-21(24)6-14(21)7-33-8-17(31)29-19-9-20(10-19,11-19)30-18(32)16-3-1-12-5-13(22(25,26)27)2-4-15(12)28-16/h1-5,14H,6-11H2,(H,29,31)(H,30,32). The Bertz CT molecular complexity index is 1130. The Morgan fingerprint density at radius 2 is 1.73 bits per heavy atom. The highest BCUT2D eigenvalue weighted by Crippen LogP contribution is 2.60. The van der Waals surface area contributed by atoms with Gasteiger partial charge in [-0.2, -0.15) is 13.2 Å². The van der Waals surface area contributed by atoms with Crippen molar-refractivity contribution in [1.82, 2.24) is 15.6 Å². The first kappa shape index (κ1) is 22.0. The van der Waals surface area contributed by atoms with Gasteiger partial charge in [0, 0.05) is 22.9 Å². The van der Waals surface area contributed by atoms with E-state index in [2.05, 4.69) is 15.6 Å². The highest BCUT2D eigenvalue weighted by atomic mass is 19.4. The maximum atomic E-state index is 12.8. The number of fused-ring (bicyclic) bond motifs is 1. The van der Waals surface area contributed by atoms with Gasteiger partial charge in [0.15, 0.2) is 0 Å². The van der Waals surface area contributed by atoms with Gasteiger partial charge in [-0.25, -0.2) is 13.8 Å². The van der Waals surface area contributed by atoms with Crippen molar-refractivity contribution in [3.05, 3.63) is 41.6 Å². The minimum atomic E-state index is -4.46. The molecule has 1 unspecified atom stereocenters. The van der Waals surface area contributed by atoms with Crippen molar-refractivity contribution in [3.63, 3.8) is 0 Å². The van der Waals surface area contributed by atoms with Gasteiger partial charge < -0.3 is 15.4 Å². The summed E-state index contributed by atoms with van der Waals surface area (Å²) in [7, 11) is 0. The lowest BCUT2D eigenvalue weighted by atomic mass is 9.44. The topological polar surface area (TPSA) is 80.3 Å². The lowest BCUT2D eigenvalue weighted by Gasteiger charge is -2.70. The van der Waals surface area contributed by atoms with Crippen LogP contribution in [0.1, 0.15) is 41.7 Å². The van der Waals surface area contributed by atoms with Crippen LogP contribution in [0.2, 0.25) is 0 Å². The number of ether oxygens (including phenoxy) is 1. The number of carbonyl (C=O) groups excluding carboxylic acids is 2. The maximum absolute atomic E-state index is 12.8. The van der Waals surface area contributed by atoms with E-state index in [4.69, 9.17) is 4.74 Å². The third kappa shape index (κ3) is 4.14. The molecule has 0 aliphatic heterocycles. The first-order chi connectivity index (χ1) is 15.4. The van der Waals surface area contributed by atoms with E-state index in [0.29, 0.717) is 19.3 Å². The van der Waals surface area contributed by atoms with E-state index < -0.39 is 40.6 Å². The van der Waals surface area contributed by atoms with Crippen LogP contribution in [0.5, 0.6) is 0 Å². The summed E-state index contributed by atoms with van der Waals surface area (Å²) in [6.45, 7) is -0.436. The van der Waals surface area contributed by atoms with Crippen LogP contribution in [0.15, 0.2) is 30.3 Å². The Labute approximate surface area is 184 Å². The molecule has 6 rings (SSSR count). The summed E-state index contributed by atoms with van der Waals surface area (Å²) in [5.74, 6) is -4.31. The number of aromatic nitrogens is 1. The molecule has 176 valence electrons. The number of nitrogens with one attached hydrogen (secondary N) is 2. The number of amides is 2. The van der Waals surface area contributed by atoms with Crippen LogP contribution in [-0.2, 0) is 15.7 Å². The van der Waals surface area contributed by atoms with Gasteiger partial charge in [0.1, 0.15) is 12.3 Å². The fourth-order valence-electron chi connectivity index (χ4n) is 4.86. The molecular weight excluding hydrogens is 449 g/mol. The lowest BCUT2D eigenvalue weighted by molar-refractivity contribution is -0.144. The van der Waals surface area contributed by atoms with E-state index >= 15 is 0 Å². The van der Waals surface area contributed by atoms with Crippen LogP contribution in [0, 0.1) is 5.92 Å². The Morgan fingerprint density at radius 1 is 1.06 bits per heavy atom. The molecule has 0 radical (unpaired) electrons. The number of rotatable bonds is 7. The molecule has 6 nitrogen and oxygen atoms in total. The highest BCUT2D eigenvalue weighted by Gasteiger charge is 2.69. The molecule has 2 N–H and O–H groups in total. The fraction of sp³-hybridized carbons (Fsp3) is 0.500. The zero-order valence-electron chi connectivity index (χ0n) is 17.3. The van der Waals surface area contributed by atoms with Crippen molar-refractivity contribution in [2.75, 3.05) is 13.2 Å². The molecule has 1 aromatic heterocycles. The van der Waals surface area contributed by atoms with Gasteiger partial charge in [-0.15, -0.1) is 0 Å². The van der Waals surface area contributed by atoms with Crippen LogP contribution in [0.3, 0.4) is 0 Å². The summed E-state index contributed by atoms with van der Waals surface area (Å²) in [5.41, 5.74) is -1.30. The van der Waals surface area contributed by atoms with Crippen molar-refractivity contribution >= 4 is 22.7 Å². The van der Waals surface area contributed by atoms with Gasteiger partial charge in [0.05, 0.1) is 23.6 Å². The van der Waals surface area contributed by atoms with E-state index in [-0.39, 0.29) is 42.1 Å². The zero-order valence-corrected chi connectivity index (χ0v) is 17.3. The molecule has 4 aliphatic carbocycles. The van der Waals surface area contributed by atoms with Crippen molar-refractivity contribution in [2.24, 2.45) is 5.92 Å². The largest absolute Gasteiger partial charge is 0.416 e. The number of halogens is 5. The van der Waals surface area contributed by atoms with Crippen LogP contribution in [0.4, 0.5) is 22.0 Å². The first-order valence-corrected chi connectivity index (χ1v) is 10.5. The van der Waals surface area contributed by atoms with Crippen molar-refractivity contribution in [2.45, 2.75) is 48.9 Å². The van der Waals surface area contributed by atoms with Gasteiger partial charge >= 0.3 is 6.18 Å². The number of benzene rings is 1. The third-order valence-corrected chi connectivity index (χ3v) is 6.57. The smallest absolute Gasteiger partial charge is 0.371 e. The molecule has 0 saturated heterocycles. The highest BCUT2D eigenvalue weighted by molar-refractivity contribution is 5.96. The third-order valence-electron chi connectivity index (χ3n) is 6.57. The average Bonchev–Trinajstić information content (AvgIpc) is 3.29.